The molecule has 3 heteroatoms. The van der Waals surface area contributed by atoms with Crippen molar-refractivity contribution in [2.45, 2.75) is 5.41 Å². The Morgan fingerprint density at radius 2 is 0.817 bits per heavy atom. The zero-order valence-corrected chi connectivity index (χ0v) is 32.9. The van der Waals surface area contributed by atoms with Crippen LogP contribution in [0.5, 0.6) is 0 Å². The lowest BCUT2D eigenvalue weighted by Gasteiger charge is -2.35. The Morgan fingerprint density at radius 3 is 1.47 bits per heavy atom. The van der Waals surface area contributed by atoms with Gasteiger partial charge in [-0.05, 0) is 106 Å². The van der Waals surface area contributed by atoms with Gasteiger partial charge in [0.15, 0.2) is 0 Å². The van der Waals surface area contributed by atoms with Gasteiger partial charge in [-0.25, -0.2) is 0 Å². The predicted octanol–water partition coefficient (Wildman–Crippen LogP) is 14.6. The third kappa shape index (κ3) is 4.96. The molecule has 0 unspecified atom stereocenters. The molecule has 0 N–H and O–H groups in total. The zero-order valence-electron chi connectivity index (χ0n) is 32.9. The van der Waals surface area contributed by atoms with E-state index >= 15 is 0 Å². The first kappa shape index (κ1) is 34.2. The van der Waals surface area contributed by atoms with Crippen LogP contribution in [0.15, 0.2) is 237 Å². The largest absolute Gasteiger partial charge is 0.310 e. The Hall–Kier alpha value is -7.88. The van der Waals surface area contributed by atoms with E-state index in [0.29, 0.717) is 0 Å². The molecule has 11 aromatic rings. The summed E-state index contributed by atoms with van der Waals surface area (Å²) in [4.78, 5) is 2.44. The minimum absolute atomic E-state index is 0.505. The van der Waals surface area contributed by atoms with E-state index in [2.05, 4.69) is 251 Å². The second-order valence-electron chi connectivity index (χ2n) is 15.7. The summed E-state index contributed by atoms with van der Waals surface area (Å²) >= 11 is 0. The molecule has 1 aliphatic carbocycles. The monoisotopic (exact) mass is 765 g/mol. The molecule has 0 bridgehead atoms. The molecule has 1 aliphatic rings. The summed E-state index contributed by atoms with van der Waals surface area (Å²) in [7, 11) is 0. The minimum atomic E-state index is -0.505. The second-order valence-corrected chi connectivity index (χ2v) is 15.7. The van der Waals surface area contributed by atoms with Crippen molar-refractivity contribution in [1.29, 1.82) is 0 Å². The SMILES string of the molecule is c1ccc(N(c2ccc3c(c2)C(c2ccccc2)(c2ccccc2)c2ccccc2-3)c2ccc3c(c2)c2c4ccccc4n(-c4ccccc4)c2n3-c2ccccc2)cc1. The van der Waals surface area contributed by atoms with Gasteiger partial charge in [-0.1, -0.05) is 164 Å². The van der Waals surface area contributed by atoms with E-state index in [4.69, 9.17) is 0 Å². The molecule has 0 aliphatic heterocycles. The number of fused-ring (bicyclic) bond motifs is 8. The van der Waals surface area contributed by atoms with Crippen LogP contribution in [0.1, 0.15) is 22.3 Å². The number of para-hydroxylation sites is 4. The van der Waals surface area contributed by atoms with Crippen molar-refractivity contribution in [3.05, 3.63) is 259 Å². The van der Waals surface area contributed by atoms with E-state index in [9.17, 15) is 0 Å². The van der Waals surface area contributed by atoms with Gasteiger partial charge in [-0.2, -0.15) is 0 Å². The highest BCUT2D eigenvalue weighted by atomic mass is 15.2. The molecule has 3 nitrogen and oxygen atoms in total. The topological polar surface area (TPSA) is 13.1 Å². The van der Waals surface area contributed by atoms with Crippen molar-refractivity contribution >= 4 is 49.9 Å². The number of hydrogen-bond acceptors (Lipinski definition) is 1. The third-order valence-corrected chi connectivity index (χ3v) is 12.6. The molecule has 9 aromatic carbocycles. The van der Waals surface area contributed by atoms with Gasteiger partial charge in [-0.15, -0.1) is 0 Å². The normalized spacial score (nSPS) is 12.8. The molecule has 0 spiro atoms. The summed E-state index contributed by atoms with van der Waals surface area (Å²) in [5.74, 6) is 0. The first-order valence-corrected chi connectivity index (χ1v) is 20.7. The van der Waals surface area contributed by atoms with Crippen LogP contribution in [0, 0.1) is 0 Å². The number of anilines is 3. The Kier molecular flexibility index (Phi) is 7.76. The molecular formula is C57H39N3. The highest BCUT2D eigenvalue weighted by Gasteiger charge is 2.46. The maximum Gasteiger partial charge on any atom is 0.131 e. The fraction of sp³-hybridized carbons (Fsp3) is 0.0175. The summed E-state index contributed by atoms with van der Waals surface area (Å²) in [6.07, 6.45) is 0. The van der Waals surface area contributed by atoms with Gasteiger partial charge in [0, 0.05) is 44.6 Å². The van der Waals surface area contributed by atoms with Gasteiger partial charge < -0.3 is 4.90 Å². The lowest BCUT2D eigenvalue weighted by atomic mass is 9.67. The van der Waals surface area contributed by atoms with E-state index in [1.807, 2.05) is 0 Å². The Bertz CT molecular complexity index is 3310. The van der Waals surface area contributed by atoms with Gasteiger partial charge in [0.25, 0.3) is 0 Å². The van der Waals surface area contributed by atoms with Gasteiger partial charge >= 0.3 is 0 Å². The Balaban J connectivity index is 1.15. The van der Waals surface area contributed by atoms with Gasteiger partial charge in [0.1, 0.15) is 5.65 Å². The number of rotatable bonds is 7. The first-order valence-electron chi connectivity index (χ1n) is 20.7. The fourth-order valence-electron chi connectivity index (χ4n) is 10.1. The molecule has 0 amide bonds. The fourth-order valence-corrected chi connectivity index (χ4v) is 10.1. The number of hydrogen-bond donors (Lipinski definition) is 0. The molecule has 12 rings (SSSR count). The van der Waals surface area contributed by atoms with Crippen molar-refractivity contribution in [2.24, 2.45) is 0 Å². The molecule has 2 heterocycles. The predicted molar refractivity (Wildman–Crippen MR) is 250 cm³/mol. The molecule has 2 aromatic heterocycles. The maximum atomic E-state index is 2.46. The molecule has 0 saturated heterocycles. The molecule has 0 radical (unpaired) electrons. The van der Waals surface area contributed by atoms with E-state index in [0.717, 1.165) is 39.6 Å². The van der Waals surface area contributed by atoms with Gasteiger partial charge in [0.2, 0.25) is 0 Å². The van der Waals surface area contributed by atoms with Gasteiger partial charge in [-0.3, -0.25) is 9.13 Å². The average Bonchev–Trinajstić information content (AvgIpc) is 3.94. The van der Waals surface area contributed by atoms with Crippen LogP contribution in [0.4, 0.5) is 17.1 Å². The lowest BCUT2D eigenvalue weighted by molar-refractivity contribution is 0.768. The molecule has 282 valence electrons. The molecular weight excluding hydrogens is 727 g/mol. The zero-order chi connectivity index (χ0) is 39.6. The highest BCUT2D eigenvalue weighted by Crippen LogP contribution is 2.57. The summed E-state index contributed by atoms with van der Waals surface area (Å²) in [5, 5.41) is 3.67. The number of benzene rings is 9. The van der Waals surface area contributed by atoms with Crippen molar-refractivity contribution in [3.8, 4) is 22.5 Å². The summed E-state index contributed by atoms with van der Waals surface area (Å²) in [6, 6.07) is 86.4. The maximum absolute atomic E-state index is 2.46. The number of nitrogens with zero attached hydrogens (tertiary/aromatic N) is 3. The van der Waals surface area contributed by atoms with Crippen LogP contribution >= 0.6 is 0 Å². The Labute approximate surface area is 349 Å². The minimum Gasteiger partial charge on any atom is -0.310 e. The van der Waals surface area contributed by atoms with E-state index in [1.165, 1.54) is 55.1 Å². The van der Waals surface area contributed by atoms with Crippen LogP contribution in [-0.4, -0.2) is 9.13 Å². The first-order chi connectivity index (χ1) is 29.8. The summed E-state index contributed by atoms with van der Waals surface area (Å²) in [5.41, 5.74) is 16.2. The van der Waals surface area contributed by atoms with Crippen molar-refractivity contribution in [2.75, 3.05) is 4.90 Å². The summed E-state index contributed by atoms with van der Waals surface area (Å²) in [6.45, 7) is 0. The van der Waals surface area contributed by atoms with Crippen LogP contribution < -0.4 is 4.90 Å². The van der Waals surface area contributed by atoms with Crippen LogP contribution in [0.3, 0.4) is 0 Å². The van der Waals surface area contributed by atoms with E-state index < -0.39 is 5.41 Å². The molecule has 60 heavy (non-hydrogen) atoms. The molecule has 0 fully saturated rings. The van der Waals surface area contributed by atoms with Crippen LogP contribution in [0.25, 0.3) is 55.3 Å². The van der Waals surface area contributed by atoms with Crippen LogP contribution in [-0.2, 0) is 5.41 Å². The van der Waals surface area contributed by atoms with Crippen molar-refractivity contribution in [1.82, 2.24) is 9.13 Å². The van der Waals surface area contributed by atoms with Gasteiger partial charge in [0.05, 0.1) is 16.4 Å². The smallest absolute Gasteiger partial charge is 0.131 e. The quantitative estimate of drug-likeness (QED) is 0.157. The number of aromatic nitrogens is 2. The van der Waals surface area contributed by atoms with Crippen LogP contribution in [0.2, 0.25) is 0 Å². The van der Waals surface area contributed by atoms with E-state index in [-0.39, 0.29) is 0 Å². The third-order valence-electron chi connectivity index (χ3n) is 12.6. The van der Waals surface area contributed by atoms with E-state index in [1.54, 1.807) is 0 Å². The Morgan fingerprint density at radius 1 is 0.333 bits per heavy atom. The van der Waals surface area contributed by atoms with Crippen molar-refractivity contribution < 1.29 is 0 Å². The average molecular weight is 766 g/mol. The highest BCUT2D eigenvalue weighted by molar-refractivity contribution is 6.23. The molecule has 0 atom stereocenters. The summed E-state index contributed by atoms with van der Waals surface area (Å²) < 4.78 is 4.87. The molecule has 0 saturated carbocycles. The van der Waals surface area contributed by atoms with Crippen molar-refractivity contribution in [3.63, 3.8) is 0 Å². The standard InChI is InChI=1S/C57H39N3/c1-6-20-40(21-7-1)57(41-22-8-2-9-23-41)51-32-18-16-30-47(51)48-36-34-46(39-52(48)57)58(42-24-10-3-11-25-42)45-35-37-54-50(38-45)55-49-31-17-19-33-53(49)59(43-26-12-4-13-27-43)56(55)60(54)44-28-14-5-15-29-44/h1-39H. The lowest BCUT2D eigenvalue weighted by Crippen LogP contribution is -2.28. The second kappa shape index (κ2) is 13.6.